The van der Waals surface area contributed by atoms with Crippen LogP contribution in [0.25, 0.3) is 0 Å². The summed E-state index contributed by atoms with van der Waals surface area (Å²) in [6, 6.07) is 14.0. The molecule has 2 aromatic carbocycles. The second kappa shape index (κ2) is 9.28. The second-order valence-electron chi connectivity index (χ2n) is 7.68. The molecule has 1 aliphatic rings. The van der Waals surface area contributed by atoms with Crippen molar-refractivity contribution in [1.82, 2.24) is 0 Å². The summed E-state index contributed by atoms with van der Waals surface area (Å²) in [6.07, 6.45) is -4.33. The molecule has 1 fully saturated rings. The quantitative estimate of drug-likeness (QED) is 0.676. The van der Waals surface area contributed by atoms with Gasteiger partial charge in [-0.3, -0.25) is 4.79 Å². The number of hydrogen-bond donors (Lipinski definition) is 3. The lowest BCUT2D eigenvalue weighted by Gasteiger charge is -2.32. The molecule has 0 radical (unpaired) electrons. The van der Waals surface area contributed by atoms with Gasteiger partial charge in [-0.15, -0.1) is 0 Å². The number of benzene rings is 2. The summed E-state index contributed by atoms with van der Waals surface area (Å²) >= 11 is 0. The van der Waals surface area contributed by atoms with E-state index in [4.69, 9.17) is 5.26 Å². The molecule has 0 bridgehead atoms. The lowest BCUT2D eigenvalue weighted by molar-refractivity contribution is -1.02. The summed E-state index contributed by atoms with van der Waals surface area (Å²) in [7, 11) is 0. The number of piperazine rings is 1. The van der Waals surface area contributed by atoms with Crippen molar-refractivity contribution in [2.75, 3.05) is 31.5 Å². The van der Waals surface area contributed by atoms with E-state index in [0.29, 0.717) is 23.4 Å². The van der Waals surface area contributed by atoms with Gasteiger partial charge < -0.3 is 15.1 Å². The number of rotatable bonds is 5. The molecule has 30 heavy (non-hydrogen) atoms. The third kappa shape index (κ3) is 5.59. The van der Waals surface area contributed by atoms with Crippen molar-refractivity contribution in [3.05, 3.63) is 65.2 Å². The number of nitrogens with zero attached hydrogens (tertiary/aromatic N) is 1. The molecule has 3 N–H and O–H groups in total. The SMILES string of the molecule is C[C@H](C(=O)Nc1ccc(C#N)cc1)[NH+]1CC[NH+](Cc2cccc(C(F)(F)F)c2)CC1. The highest BCUT2D eigenvalue weighted by Crippen LogP contribution is 2.29. The summed E-state index contributed by atoms with van der Waals surface area (Å²) in [4.78, 5) is 14.9. The van der Waals surface area contributed by atoms with Gasteiger partial charge in [-0.1, -0.05) is 12.1 Å². The van der Waals surface area contributed by atoms with Crippen molar-refractivity contribution in [3.63, 3.8) is 0 Å². The predicted molar refractivity (Wildman–Crippen MR) is 106 cm³/mol. The Labute approximate surface area is 173 Å². The highest BCUT2D eigenvalue weighted by molar-refractivity contribution is 5.93. The fourth-order valence-corrected chi connectivity index (χ4v) is 3.74. The number of amides is 1. The third-order valence-corrected chi connectivity index (χ3v) is 5.59. The summed E-state index contributed by atoms with van der Waals surface area (Å²) < 4.78 is 38.7. The van der Waals surface area contributed by atoms with Crippen molar-refractivity contribution in [1.29, 1.82) is 5.26 Å². The van der Waals surface area contributed by atoms with E-state index in [1.807, 2.05) is 13.0 Å². The van der Waals surface area contributed by atoms with Crippen LogP contribution >= 0.6 is 0 Å². The molecule has 1 amide bonds. The van der Waals surface area contributed by atoms with E-state index >= 15 is 0 Å². The highest BCUT2D eigenvalue weighted by atomic mass is 19.4. The van der Waals surface area contributed by atoms with Crippen LogP contribution in [-0.2, 0) is 17.5 Å². The lowest BCUT2D eigenvalue weighted by atomic mass is 10.1. The Bertz CT molecular complexity index is 913. The Morgan fingerprint density at radius 2 is 1.80 bits per heavy atom. The van der Waals surface area contributed by atoms with Gasteiger partial charge >= 0.3 is 6.18 Å². The van der Waals surface area contributed by atoms with E-state index in [0.717, 1.165) is 37.1 Å². The van der Waals surface area contributed by atoms with Crippen LogP contribution < -0.4 is 15.1 Å². The van der Waals surface area contributed by atoms with Gasteiger partial charge in [-0.25, -0.2) is 0 Å². The number of carbonyl (C=O) groups is 1. The van der Waals surface area contributed by atoms with Gasteiger partial charge in [0.05, 0.1) is 17.2 Å². The normalized spacial score (nSPS) is 20.2. The molecule has 1 aliphatic heterocycles. The Morgan fingerprint density at radius 1 is 1.13 bits per heavy atom. The smallest absolute Gasteiger partial charge is 0.322 e. The maximum absolute atomic E-state index is 12.9. The monoisotopic (exact) mass is 418 g/mol. The van der Waals surface area contributed by atoms with Crippen LogP contribution in [0.4, 0.5) is 18.9 Å². The van der Waals surface area contributed by atoms with Crippen molar-refractivity contribution in [2.45, 2.75) is 25.7 Å². The molecule has 1 heterocycles. The molecule has 0 aliphatic carbocycles. The van der Waals surface area contributed by atoms with E-state index < -0.39 is 11.7 Å². The number of hydrogen-bond acceptors (Lipinski definition) is 2. The first-order valence-corrected chi connectivity index (χ1v) is 9.91. The Kier molecular flexibility index (Phi) is 6.75. The van der Waals surface area contributed by atoms with Crippen molar-refractivity contribution in [2.24, 2.45) is 0 Å². The summed E-state index contributed by atoms with van der Waals surface area (Å²) in [5.41, 5.74) is 1.25. The van der Waals surface area contributed by atoms with Crippen molar-refractivity contribution >= 4 is 11.6 Å². The van der Waals surface area contributed by atoms with Crippen molar-refractivity contribution in [3.8, 4) is 6.07 Å². The second-order valence-corrected chi connectivity index (χ2v) is 7.68. The summed E-state index contributed by atoms with van der Waals surface area (Å²) in [5.74, 6) is -0.0870. The highest BCUT2D eigenvalue weighted by Gasteiger charge is 2.33. The maximum atomic E-state index is 12.9. The first-order valence-electron chi connectivity index (χ1n) is 9.91. The lowest BCUT2D eigenvalue weighted by Crippen LogP contribution is -3.29. The number of quaternary nitrogens is 2. The Balaban J connectivity index is 1.51. The van der Waals surface area contributed by atoms with Crippen LogP contribution in [0.3, 0.4) is 0 Å². The molecule has 1 atom stereocenters. The molecule has 158 valence electrons. The fourth-order valence-electron chi connectivity index (χ4n) is 3.74. The molecule has 0 aromatic heterocycles. The zero-order valence-corrected chi connectivity index (χ0v) is 16.7. The molecule has 0 spiro atoms. The maximum Gasteiger partial charge on any atom is 0.416 e. The third-order valence-electron chi connectivity index (χ3n) is 5.59. The average molecular weight is 418 g/mol. The molecule has 0 unspecified atom stereocenters. The number of nitrogens with one attached hydrogen (secondary N) is 3. The van der Waals surface area contributed by atoms with Crippen LogP contribution in [0.15, 0.2) is 48.5 Å². The molecule has 8 heteroatoms. The van der Waals surface area contributed by atoms with E-state index in [-0.39, 0.29) is 11.9 Å². The van der Waals surface area contributed by atoms with Gasteiger partial charge in [0.1, 0.15) is 32.7 Å². The molecule has 1 saturated heterocycles. The molecular formula is C22H25F3N4O+2. The molecule has 0 saturated carbocycles. The van der Waals surface area contributed by atoms with Gasteiger partial charge in [-0.05, 0) is 43.3 Å². The molecular weight excluding hydrogens is 393 g/mol. The zero-order valence-electron chi connectivity index (χ0n) is 16.7. The number of carbonyl (C=O) groups excluding carboxylic acids is 1. The molecule has 5 nitrogen and oxygen atoms in total. The minimum absolute atomic E-state index is 0.0870. The van der Waals surface area contributed by atoms with Crippen molar-refractivity contribution < 1.29 is 27.8 Å². The van der Waals surface area contributed by atoms with Gasteiger partial charge in [0.2, 0.25) is 0 Å². The Hall–Kier alpha value is -2.89. The largest absolute Gasteiger partial charge is 0.416 e. The fraction of sp³-hybridized carbons (Fsp3) is 0.364. The van der Waals surface area contributed by atoms with E-state index in [2.05, 4.69) is 5.32 Å². The number of halogens is 3. The summed E-state index contributed by atoms with van der Waals surface area (Å²) in [5, 5.41) is 11.7. The van der Waals surface area contributed by atoms with Crippen LogP contribution in [0.2, 0.25) is 0 Å². The van der Waals surface area contributed by atoms with Crippen LogP contribution in [0.5, 0.6) is 0 Å². The van der Waals surface area contributed by atoms with Gasteiger partial charge in [0.25, 0.3) is 5.91 Å². The molecule has 2 aromatic rings. The number of anilines is 1. The standard InChI is InChI=1S/C22H23F3N4O/c1-16(21(30)27-20-7-5-17(14-26)6-8-20)29-11-9-28(10-12-29)15-18-3-2-4-19(13-18)22(23,24)25/h2-8,13,16H,9-12,15H2,1H3,(H,27,30)/p+2/t16-/m1/s1. The van der Waals surface area contributed by atoms with Gasteiger partial charge in [0.15, 0.2) is 6.04 Å². The zero-order chi connectivity index (χ0) is 21.7. The minimum Gasteiger partial charge on any atom is -0.322 e. The topological polar surface area (TPSA) is 61.8 Å². The van der Waals surface area contributed by atoms with E-state index in [1.165, 1.54) is 17.0 Å². The van der Waals surface area contributed by atoms with E-state index in [1.54, 1.807) is 30.3 Å². The van der Waals surface area contributed by atoms with Crippen LogP contribution in [-0.4, -0.2) is 38.1 Å². The number of alkyl halides is 3. The first-order chi connectivity index (χ1) is 14.3. The molecule has 3 rings (SSSR count). The minimum atomic E-state index is -4.33. The average Bonchev–Trinajstić information content (AvgIpc) is 2.74. The predicted octanol–water partition coefficient (Wildman–Crippen LogP) is 0.888. The van der Waals surface area contributed by atoms with Gasteiger partial charge in [-0.2, -0.15) is 18.4 Å². The van der Waals surface area contributed by atoms with Crippen LogP contribution in [0, 0.1) is 11.3 Å². The first kappa shape index (κ1) is 21.8. The summed E-state index contributed by atoms with van der Waals surface area (Å²) in [6.45, 7) is 5.56. The van der Waals surface area contributed by atoms with Crippen LogP contribution in [0.1, 0.15) is 23.6 Å². The Morgan fingerprint density at radius 3 is 2.40 bits per heavy atom. The van der Waals surface area contributed by atoms with Gasteiger partial charge in [0, 0.05) is 11.3 Å². The van der Waals surface area contributed by atoms with E-state index in [9.17, 15) is 18.0 Å². The number of nitriles is 1.